The number of hydrogen-bond donors (Lipinski definition) is 4. The first-order valence-corrected chi connectivity index (χ1v) is 12.0. The number of hydrogen-bond acceptors (Lipinski definition) is 4. The third-order valence-electron chi connectivity index (χ3n) is 6.63. The molecule has 6 N–H and O–H groups in total. The summed E-state index contributed by atoms with van der Waals surface area (Å²) < 4.78 is 15.6. The lowest BCUT2D eigenvalue weighted by Crippen LogP contribution is -2.21. The van der Waals surface area contributed by atoms with Gasteiger partial charge in [-0.05, 0) is 54.4 Å². The molecule has 1 atom stereocenters. The van der Waals surface area contributed by atoms with Crippen molar-refractivity contribution in [3.63, 3.8) is 0 Å². The number of nitrogens with two attached hydrogens (primary N) is 2. The molecule has 2 heterocycles. The molecule has 0 saturated carbocycles. The Morgan fingerprint density at radius 3 is 2.43 bits per heavy atom. The molecule has 0 unspecified atom stereocenters. The minimum atomic E-state index is -0.842. The highest BCUT2D eigenvalue weighted by atomic mass is 19.1. The number of carbonyl (C=O) groups excluding carboxylic acids is 2. The number of nitrogens with zero attached hydrogens (tertiary/aromatic N) is 2. The average Bonchev–Trinajstić information content (AvgIpc) is 3.48. The van der Waals surface area contributed by atoms with Crippen LogP contribution in [0.4, 0.5) is 15.8 Å². The van der Waals surface area contributed by atoms with Gasteiger partial charge < -0.3 is 26.3 Å². The Kier molecular flexibility index (Phi) is 6.35. The zero-order valence-corrected chi connectivity index (χ0v) is 20.1. The Morgan fingerprint density at radius 1 is 1.00 bits per heavy atom. The summed E-state index contributed by atoms with van der Waals surface area (Å²) in [5.74, 6) is -0.890. The third-order valence-corrected chi connectivity index (χ3v) is 6.63. The van der Waals surface area contributed by atoms with Crippen molar-refractivity contribution in [3.05, 3.63) is 95.2 Å². The number of primary amides is 1. The Hall–Kier alpha value is -4.66. The second-order valence-corrected chi connectivity index (χ2v) is 9.20. The first kappa shape index (κ1) is 24.1. The monoisotopic (exact) mass is 498 g/mol. The van der Waals surface area contributed by atoms with Crippen LogP contribution < -0.4 is 21.7 Å². The van der Waals surface area contributed by atoms with Gasteiger partial charge in [-0.1, -0.05) is 30.3 Å². The number of halogens is 1. The van der Waals surface area contributed by atoms with Gasteiger partial charge >= 0.3 is 0 Å². The van der Waals surface area contributed by atoms with E-state index >= 15 is 0 Å². The van der Waals surface area contributed by atoms with Crippen molar-refractivity contribution in [2.24, 2.45) is 11.5 Å². The summed E-state index contributed by atoms with van der Waals surface area (Å²) >= 11 is 0. The van der Waals surface area contributed by atoms with E-state index in [1.54, 1.807) is 48.5 Å². The third kappa shape index (κ3) is 5.02. The van der Waals surface area contributed by atoms with Gasteiger partial charge in [-0.25, -0.2) is 4.39 Å². The van der Waals surface area contributed by atoms with Crippen LogP contribution >= 0.6 is 0 Å². The molecule has 0 spiro atoms. The van der Waals surface area contributed by atoms with Gasteiger partial charge in [0.15, 0.2) is 0 Å². The number of nitrogen functional groups attached to an aromatic ring is 1. The normalized spacial score (nSPS) is 15.2. The Labute approximate surface area is 213 Å². The van der Waals surface area contributed by atoms with Gasteiger partial charge in [0.05, 0.1) is 0 Å². The van der Waals surface area contributed by atoms with Crippen LogP contribution in [0.3, 0.4) is 0 Å². The minimum Gasteiger partial charge on any atom is -0.384 e. The number of alkyl halides is 1. The summed E-state index contributed by atoms with van der Waals surface area (Å²) in [4.78, 5) is 26.9. The average molecular weight is 499 g/mol. The van der Waals surface area contributed by atoms with Crippen molar-refractivity contribution in [3.8, 4) is 0 Å². The summed E-state index contributed by atoms with van der Waals surface area (Å²) in [7, 11) is 0. The second-order valence-electron chi connectivity index (χ2n) is 9.20. The SMILES string of the molecule is N=C(N)c1ccc2cc(C(=O)Nc3cccc(N4CC[C@@H](F)C4)c3)n(Cc3ccc(C(N)=O)cc3)c2c1. The molecule has 37 heavy (non-hydrogen) atoms. The fourth-order valence-electron chi connectivity index (χ4n) is 4.67. The first-order valence-electron chi connectivity index (χ1n) is 12.0. The van der Waals surface area contributed by atoms with Crippen LogP contribution in [0.25, 0.3) is 10.9 Å². The van der Waals surface area contributed by atoms with Crippen LogP contribution in [0.15, 0.2) is 72.8 Å². The van der Waals surface area contributed by atoms with E-state index in [0.717, 1.165) is 22.2 Å². The van der Waals surface area contributed by atoms with Gasteiger partial charge in [0, 0.05) is 53.0 Å². The van der Waals surface area contributed by atoms with Crippen LogP contribution in [0.1, 0.15) is 38.4 Å². The smallest absolute Gasteiger partial charge is 0.272 e. The largest absolute Gasteiger partial charge is 0.384 e. The van der Waals surface area contributed by atoms with Gasteiger partial charge in [-0.3, -0.25) is 15.0 Å². The molecule has 1 aliphatic rings. The molecule has 9 heteroatoms. The quantitative estimate of drug-likeness (QED) is 0.228. The van der Waals surface area contributed by atoms with Crippen molar-refractivity contribution in [2.45, 2.75) is 19.1 Å². The van der Waals surface area contributed by atoms with E-state index in [1.807, 2.05) is 33.7 Å². The minimum absolute atomic E-state index is 0.0688. The lowest BCUT2D eigenvalue weighted by atomic mass is 10.1. The van der Waals surface area contributed by atoms with Crippen molar-refractivity contribution in [2.75, 3.05) is 23.3 Å². The summed E-state index contributed by atoms with van der Waals surface area (Å²) in [5.41, 5.74) is 15.5. The zero-order valence-electron chi connectivity index (χ0n) is 20.1. The van der Waals surface area contributed by atoms with Crippen LogP contribution in [0.2, 0.25) is 0 Å². The van der Waals surface area contributed by atoms with E-state index in [1.165, 1.54) is 0 Å². The van der Waals surface area contributed by atoms with E-state index < -0.39 is 12.1 Å². The second kappa shape index (κ2) is 9.77. The number of nitrogens with one attached hydrogen (secondary N) is 2. The van der Waals surface area contributed by atoms with Gasteiger partial charge in [-0.15, -0.1) is 0 Å². The number of anilines is 2. The Bertz CT molecular complexity index is 1510. The highest BCUT2D eigenvalue weighted by Crippen LogP contribution is 2.27. The molecule has 1 aliphatic heterocycles. The standard InChI is InChI=1S/C28H27FN6O2/c29-21-10-11-34(16-21)23-3-1-2-22(14-23)33-28(37)25-12-19-8-9-20(26(30)31)13-24(19)35(25)15-17-4-6-18(7-5-17)27(32)36/h1-9,12-14,21H,10-11,15-16H2,(H3,30,31)(H2,32,36)(H,33,37)/t21-/m1/s1. The maximum atomic E-state index is 13.7. The van der Waals surface area contributed by atoms with Crippen molar-refractivity contribution in [1.29, 1.82) is 5.41 Å². The van der Waals surface area contributed by atoms with Gasteiger partial charge in [-0.2, -0.15) is 0 Å². The molecule has 5 rings (SSSR count). The molecule has 1 fully saturated rings. The van der Waals surface area contributed by atoms with Crippen molar-refractivity contribution >= 4 is 39.9 Å². The van der Waals surface area contributed by atoms with E-state index in [0.29, 0.717) is 48.6 Å². The molecule has 8 nitrogen and oxygen atoms in total. The highest BCUT2D eigenvalue weighted by Gasteiger charge is 2.22. The molecular formula is C28H27FN6O2. The number of carbonyl (C=O) groups is 2. The number of fused-ring (bicyclic) bond motifs is 1. The summed E-state index contributed by atoms with van der Waals surface area (Å²) in [5, 5.41) is 11.6. The molecule has 2 amide bonds. The molecule has 0 bridgehead atoms. The molecule has 1 aromatic heterocycles. The molecular weight excluding hydrogens is 471 g/mol. The van der Waals surface area contributed by atoms with Gasteiger partial charge in [0.25, 0.3) is 5.91 Å². The molecule has 0 radical (unpaired) electrons. The van der Waals surface area contributed by atoms with Crippen molar-refractivity contribution in [1.82, 2.24) is 4.57 Å². The number of amides is 2. The molecule has 1 saturated heterocycles. The summed E-state index contributed by atoms with van der Waals surface area (Å²) in [6.45, 7) is 1.33. The maximum absolute atomic E-state index is 13.7. The van der Waals surface area contributed by atoms with E-state index in [4.69, 9.17) is 16.9 Å². The predicted molar refractivity (Wildman–Crippen MR) is 143 cm³/mol. The van der Waals surface area contributed by atoms with Crippen LogP contribution in [0, 0.1) is 5.41 Å². The lowest BCUT2D eigenvalue weighted by molar-refractivity contribution is 0.0997. The van der Waals surface area contributed by atoms with Crippen LogP contribution in [-0.2, 0) is 6.54 Å². The fourth-order valence-corrected chi connectivity index (χ4v) is 4.67. The lowest BCUT2D eigenvalue weighted by Gasteiger charge is -2.18. The number of aromatic nitrogens is 1. The molecule has 3 aromatic carbocycles. The maximum Gasteiger partial charge on any atom is 0.272 e. The van der Waals surface area contributed by atoms with Crippen LogP contribution in [-0.4, -0.2) is 41.5 Å². The topological polar surface area (TPSA) is 130 Å². The van der Waals surface area contributed by atoms with E-state index in [9.17, 15) is 14.0 Å². The summed E-state index contributed by atoms with van der Waals surface area (Å²) in [6, 6.07) is 21.4. The number of benzene rings is 3. The highest BCUT2D eigenvalue weighted by molar-refractivity contribution is 6.07. The Morgan fingerprint density at radius 2 is 1.76 bits per heavy atom. The van der Waals surface area contributed by atoms with Crippen LogP contribution in [0.5, 0.6) is 0 Å². The number of amidine groups is 1. The predicted octanol–water partition coefficient (Wildman–Crippen LogP) is 3.87. The fraction of sp³-hybridized carbons (Fsp3) is 0.179. The van der Waals surface area contributed by atoms with Gasteiger partial charge in [0.1, 0.15) is 17.7 Å². The zero-order chi connectivity index (χ0) is 26.1. The molecule has 188 valence electrons. The Balaban J connectivity index is 1.49. The van der Waals surface area contributed by atoms with E-state index in [2.05, 4.69) is 5.32 Å². The molecule has 0 aliphatic carbocycles. The first-order chi connectivity index (χ1) is 17.8. The number of rotatable bonds is 7. The summed E-state index contributed by atoms with van der Waals surface area (Å²) in [6.07, 6.45) is -0.342. The van der Waals surface area contributed by atoms with E-state index in [-0.39, 0.29) is 11.7 Å². The van der Waals surface area contributed by atoms with Gasteiger partial charge in [0.2, 0.25) is 5.91 Å². The van der Waals surface area contributed by atoms with Crippen molar-refractivity contribution < 1.29 is 14.0 Å². The molecule has 4 aromatic rings.